The van der Waals surface area contributed by atoms with Crippen LogP contribution in [0, 0.1) is 5.92 Å². The molecule has 1 aliphatic rings. The van der Waals surface area contributed by atoms with Crippen LogP contribution in [0.2, 0.25) is 0 Å². The zero-order chi connectivity index (χ0) is 13.2. The molecule has 0 radical (unpaired) electrons. The van der Waals surface area contributed by atoms with Crippen LogP contribution in [0.1, 0.15) is 18.4 Å². The molecule has 0 saturated carbocycles. The van der Waals surface area contributed by atoms with Crippen molar-refractivity contribution in [3.63, 3.8) is 0 Å². The lowest BCUT2D eigenvalue weighted by molar-refractivity contribution is -0.223. The Morgan fingerprint density at radius 3 is 2.56 bits per heavy atom. The fourth-order valence-electron chi connectivity index (χ4n) is 2.33. The zero-order valence-electron chi connectivity index (χ0n) is 9.86. The summed E-state index contributed by atoms with van der Waals surface area (Å²) >= 11 is 1.62. The molecule has 2 rings (SSSR count). The third kappa shape index (κ3) is 3.46. The Labute approximate surface area is 108 Å². The number of hydrogen-bond donors (Lipinski definition) is 1. The molecule has 0 aliphatic carbocycles. The van der Waals surface area contributed by atoms with Crippen LogP contribution in [0.3, 0.4) is 0 Å². The number of nitrogens with zero attached hydrogens (tertiary/aromatic N) is 1. The number of piperidine rings is 1. The van der Waals surface area contributed by atoms with E-state index in [-0.39, 0.29) is 0 Å². The van der Waals surface area contributed by atoms with Crippen molar-refractivity contribution in [2.24, 2.45) is 5.92 Å². The van der Waals surface area contributed by atoms with E-state index in [1.54, 1.807) is 11.3 Å². The summed E-state index contributed by atoms with van der Waals surface area (Å²) in [5.74, 6) is -0.649. The van der Waals surface area contributed by atoms with Crippen molar-refractivity contribution < 1.29 is 18.3 Å². The van der Waals surface area contributed by atoms with E-state index < -0.39 is 18.2 Å². The third-order valence-electron chi connectivity index (χ3n) is 3.40. The number of halogens is 3. The van der Waals surface area contributed by atoms with Crippen LogP contribution in [-0.2, 0) is 6.54 Å². The molecule has 102 valence electrons. The molecule has 2 heterocycles. The molecule has 18 heavy (non-hydrogen) atoms. The fraction of sp³-hybridized carbons (Fsp3) is 0.667. The number of aliphatic hydroxyl groups is 1. The first-order valence-corrected chi connectivity index (χ1v) is 6.89. The largest absolute Gasteiger partial charge is 0.414 e. The van der Waals surface area contributed by atoms with Gasteiger partial charge in [-0.05, 0) is 54.2 Å². The van der Waals surface area contributed by atoms with Crippen LogP contribution in [-0.4, -0.2) is 35.4 Å². The van der Waals surface area contributed by atoms with Crippen molar-refractivity contribution in [1.29, 1.82) is 0 Å². The van der Waals surface area contributed by atoms with Gasteiger partial charge in [0.05, 0.1) is 0 Å². The molecule has 0 amide bonds. The van der Waals surface area contributed by atoms with Gasteiger partial charge in [0.1, 0.15) is 0 Å². The molecule has 1 N–H and O–H groups in total. The van der Waals surface area contributed by atoms with E-state index in [2.05, 4.69) is 10.3 Å². The van der Waals surface area contributed by atoms with E-state index in [1.165, 1.54) is 5.56 Å². The van der Waals surface area contributed by atoms with Gasteiger partial charge in [-0.15, -0.1) is 0 Å². The second kappa shape index (κ2) is 5.59. The van der Waals surface area contributed by atoms with Gasteiger partial charge in [-0.25, -0.2) is 0 Å². The number of aliphatic hydroxyl groups excluding tert-OH is 1. The number of rotatable bonds is 3. The minimum Gasteiger partial charge on any atom is -0.383 e. The predicted octanol–water partition coefficient (Wildman–Crippen LogP) is 2.88. The van der Waals surface area contributed by atoms with Gasteiger partial charge in [0.2, 0.25) is 0 Å². The summed E-state index contributed by atoms with van der Waals surface area (Å²) in [6, 6.07) is 2.03. The second-order valence-electron chi connectivity index (χ2n) is 4.73. The molecule has 1 aromatic heterocycles. The van der Waals surface area contributed by atoms with Crippen molar-refractivity contribution >= 4 is 11.3 Å². The van der Waals surface area contributed by atoms with Crippen molar-refractivity contribution in [2.75, 3.05) is 13.1 Å². The molecule has 1 unspecified atom stereocenters. The van der Waals surface area contributed by atoms with Crippen LogP contribution >= 0.6 is 11.3 Å². The van der Waals surface area contributed by atoms with Gasteiger partial charge >= 0.3 is 6.18 Å². The molecule has 1 aromatic rings. The monoisotopic (exact) mass is 279 g/mol. The Bertz CT molecular complexity index is 358. The molecule has 1 fully saturated rings. The SMILES string of the molecule is OC(C1CCN(Cc2ccsc2)CC1)C(F)(F)F. The van der Waals surface area contributed by atoms with Crippen molar-refractivity contribution in [2.45, 2.75) is 31.7 Å². The van der Waals surface area contributed by atoms with Gasteiger partial charge in [0, 0.05) is 6.54 Å². The Morgan fingerprint density at radius 2 is 2.06 bits per heavy atom. The van der Waals surface area contributed by atoms with E-state index in [1.807, 2.05) is 11.4 Å². The predicted molar refractivity (Wildman–Crippen MR) is 64.4 cm³/mol. The summed E-state index contributed by atoms with van der Waals surface area (Å²) < 4.78 is 37.1. The molecule has 1 atom stereocenters. The summed E-state index contributed by atoms with van der Waals surface area (Å²) in [6.45, 7) is 2.03. The van der Waals surface area contributed by atoms with Crippen LogP contribution in [0.15, 0.2) is 16.8 Å². The third-order valence-corrected chi connectivity index (χ3v) is 4.13. The van der Waals surface area contributed by atoms with E-state index in [9.17, 15) is 18.3 Å². The zero-order valence-corrected chi connectivity index (χ0v) is 10.7. The average Bonchev–Trinajstić information content (AvgIpc) is 2.81. The molecule has 1 saturated heterocycles. The summed E-state index contributed by atoms with van der Waals surface area (Å²) in [5.41, 5.74) is 1.20. The maximum Gasteiger partial charge on any atom is 0.414 e. The first-order valence-electron chi connectivity index (χ1n) is 5.95. The van der Waals surface area contributed by atoms with Gasteiger partial charge in [-0.3, -0.25) is 4.90 Å². The maximum absolute atomic E-state index is 12.4. The highest BCUT2D eigenvalue weighted by molar-refractivity contribution is 7.07. The van der Waals surface area contributed by atoms with Gasteiger partial charge in [-0.2, -0.15) is 24.5 Å². The Balaban J connectivity index is 1.81. The number of thiophene rings is 1. The number of likely N-dealkylation sites (tertiary alicyclic amines) is 1. The standard InChI is InChI=1S/C12H16F3NOS/c13-12(14,15)11(17)10-1-4-16(5-2-10)7-9-3-6-18-8-9/h3,6,8,10-11,17H,1-2,4-5,7H2. The minimum atomic E-state index is -4.49. The minimum absolute atomic E-state index is 0.408. The summed E-state index contributed by atoms with van der Waals surface area (Å²) in [5, 5.41) is 13.3. The van der Waals surface area contributed by atoms with Crippen molar-refractivity contribution in [1.82, 2.24) is 4.90 Å². The molecular formula is C12H16F3NOS. The van der Waals surface area contributed by atoms with Gasteiger partial charge in [0.15, 0.2) is 6.10 Å². The number of hydrogen-bond acceptors (Lipinski definition) is 3. The van der Waals surface area contributed by atoms with E-state index >= 15 is 0 Å². The summed E-state index contributed by atoms with van der Waals surface area (Å²) in [6.07, 6.45) is -5.84. The average molecular weight is 279 g/mol. The smallest absolute Gasteiger partial charge is 0.383 e. The molecule has 0 bridgehead atoms. The van der Waals surface area contributed by atoms with Gasteiger partial charge in [0.25, 0.3) is 0 Å². The van der Waals surface area contributed by atoms with Crippen LogP contribution in [0.4, 0.5) is 13.2 Å². The lowest BCUT2D eigenvalue weighted by atomic mass is 9.91. The molecule has 0 spiro atoms. The Kier molecular flexibility index (Phi) is 4.29. The highest BCUT2D eigenvalue weighted by Gasteiger charge is 2.44. The first-order chi connectivity index (χ1) is 8.47. The number of alkyl halides is 3. The van der Waals surface area contributed by atoms with Crippen LogP contribution in [0.5, 0.6) is 0 Å². The van der Waals surface area contributed by atoms with Crippen LogP contribution < -0.4 is 0 Å². The molecule has 0 aromatic carbocycles. The first kappa shape index (κ1) is 13.8. The topological polar surface area (TPSA) is 23.5 Å². The lowest BCUT2D eigenvalue weighted by Crippen LogP contribution is -2.43. The van der Waals surface area contributed by atoms with Gasteiger partial charge in [-0.1, -0.05) is 0 Å². The van der Waals surface area contributed by atoms with Crippen molar-refractivity contribution in [3.05, 3.63) is 22.4 Å². The quantitative estimate of drug-likeness (QED) is 0.919. The van der Waals surface area contributed by atoms with Crippen molar-refractivity contribution in [3.8, 4) is 0 Å². The van der Waals surface area contributed by atoms with E-state index in [4.69, 9.17) is 0 Å². The lowest BCUT2D eigenvalue weighted by Gasteiger charge is -2.34. The highest BCUT2D eigenvalue weighted by Crippen LogP contribution is 2.31. The normalized spacial score (nSPS) is 21.1. The van der Waals surface area contributed by atoms with Gasteiger partial charge < -0.3 is 5.11 Å². The summed E-state index contributed by atoms with van der Waals surface area (Å²) in [4.78, 5) is 2.14. The highest BCUT2D eigenvalue weighted by atomic mass is 32.1. The van der Waals surface area contributed by atoms with Crippen LogP contribution in [0.25, 0.3) is 0 Å². The van der Waals surface area contributed by atoms with E-state index in [0.717, 1.165) is 6.54 Å². The molecule has 2 nitrogen and oxygen atoms in total. The maximum atomic E-state index is 12.4. The van der Waals surface area contributed by atoms with E-state index in [0.29, 0.717) is 25.9 Å². The Morgan fingerprint density at radius 1 is 1.39 bits per heavy atom. The molecular weight excluding hydrogens is 263 g/mol. The second-order valence-corrected chi connectivity index (χ2v) is 5.51. The fourth-order valence-corrected chi connectivity index (χ4v) is 2.99. The molecule has 6 heteroatoms. The summed E-state index contributed by atoms with van der Waals surface area (Å²) in [7, 11) is 0. The molecule has 1 aliphatic heterocycles. The Hall–Kier alpha value is -0.590.